The number of benzene rings is 1. The Balaban J connectivity index is 2.34. The predicted octanol–water partition coefficient (Wildman–Crippen LogP) is 3.85. The van der Waals surface area contributed by atoms with Gasteiger partial charge in [0, 0.05) is 11.0 Å². The highest BCUT2D eigenvalue weighted by atomic mass is 79.9. The molecule has 1 rings (SSSR count). The zero-order chi connectivity index (χ0) is 12.0. The number of hydrogen-bond donors (Lipinski definition) is 1. The summed E-state index contributed by atoms with van der Waals surface area (Å²) in [4.78, 5) is 0. The molecule has 0 aliphatic rings. The smallest absolute Gasteiger partial charge is 0.0205 e. The zero-order valence-electron chi connectivity index (χ0n) is 10.2. The van der Waals surface area contributed by atoms with Crippen LogP contribution in [0.15, 0.2) is 22.7 Å². The number of aryl methyl sites for hydroxylation is 1. The fourth-order valence-corrected chi connectivity index (χ4v) is 2.56. The Labute approximate surface area is 112 Å². The fraction of sp³-hybridized carbons (Fsp3) is 0.538. The minimum atomic E-state index is 0.742. The minimum absolute atomic E-state index is 0.742. The molecule has 0 saturated carbocycles. The summed E-state index contributed by atoms with van der Waals surface area (Å²) >= 11 is 5.43. The van der Waals surface area contributed by atoms with Gasteiger partial charge in [-0.3, -0.25) is 0 Å². The molecule has 0 spiro atoms. The highest BCUT2D eigenvalue weighted by Gasteiger charge is 2.01. The third-order valence-electron chi connectivity index (χ3n) is 2.50. The van der Waals surface area contributed by atoms with Crippen LogP contribution in [-0.4, -0.2) is 18.6 Å². The fourth-order valence-electron chi connectivity index (χ4n) is 1.62. The molecule has 1 aromatic carbocycles. The van der Waals surface area contributed by atoms with Crippen molar-refractivity contribution in [2.45, 2.75) is 20.4 Å². The van der Waals surface area contributed by atoms with Crippen molar-refractivity contribution in [1.82, 2.24) is 5.32 Å². The molecule has 0 amide bonds. The van der Waals surface area contributed by atoms with Gasteiger partial charge in [-0.2, -0.15) is 11.8 Å². The molecule has 1 aromatic rings. The molecule has 0 radical (unpaired) electrons. The molecule has 0 heterocycles. The lowest BCUT2D eigenvalue weighted by molar-refractivity contribution is 0.559. The third kappa shape index (κ3) is 4.89. The van der Waals surface area contributed by atoms with Crippen LogP contribution in [0.3, 0.4) is 0 Å². The first kappa shape index (κ1) is 14.1. The molecule has 1 N–H and O–H groups in total. The van der Waals surface area contributed by atoms with Crippen molar-refractivity contribution in [3.63, 3.8) is 0 Å². The van der Waals surface area contributed by atoms with Gasteiger partial charge in [0.05, 0.1) is 0 Å². The Hall–Kier alpha value is 0.01000. The van der Waals surface area contributed by atoms with Crippen molar-refractivity contribution in [1.29, 1.82) is 0 Å². The minimum Gasteiger partial charge on any atom is -0.312 e. The highest BCUT2D eigenvalue weighted by Crippen LogP contribution is 2.16. The number of nitrogens with one attached hydrogen (secondary N) is 1. The summed E-state index contributed by atoms with van der Waals surface area (Å²) in [6.07, 6.45) is 2.16. The van der Waals surface area contributed by atoms with Crippen LogP contribution in [0.4, 0.5) is 0 Å². The van der Waals surface area contributed by atoms with E-state index in [2.05, 4.69) is 59.5 Å². The first-order valence-corrected chi connectivity index (χ1v) is 7.77. The van der Waals surface area contributed by atoms with Gasteiger partial charge in [-0.15, -0.1) is 0 Å². The van der Waals surface area contributed by atoms with Gasteiger partial charge in [-0.05, 0) is 48.6 Å². The van der Waals surface area contributed by atoms with Gasteiger partial charge in [-0.25, -0.2) is 0 Å². The van der Waals surface area contributed by atoms with Crippen molar-refractivity contribution < 1.29 is 0 Å². The van der Waals surface area contributed by atoms with Crippen molar-refractivity contribution in [3.8, 4) is 0 Å². The molecule has 3 heteroatoms. The second-order valence-corrected chi connectivity index (χ2v) is 6.04. The van der Waals surface area contributed by atoms with Gasteiger partial charge in [0.2, 0.25) is 0 Å². The monoisotopic (exact) mass is 301 g/mol. The van der Waals surface area contributed by atoms with Gasteiger partial charge in [0.15, 0.2) is 0 Å². The van der Waals surface area contributed by atoms with E-state index >= 15 is 0 Å². The molecule has 0 bridgehead atoms. The molecule has 16 heavy (non-hydrogen) atoms. The van der Waals surface area contributed by atoms with E-state index in [1.165, 1.54) is 21.4 Å². The van der Waals surface area contributed by atoms with Crippen LogP contribution in [0.5, 0.6) is 0 Å². The summed E-state index contributed by atoms with van der Waals surface area (Å²) in [5.41, 5.74) is 2.66. The van der Waals surface area contributed by atoms with E-state index in [-0.39, 0.29) is 0 Å². The van der Waals surface area contributed by atoms with E-state index in [9.17, 15) is 0 Å². The Morgan fingerprint density at radius 1 is 1.44 bits per heavy atom. The summed E-state index contributed by atoms with van der Waals surface area (Å²) < 4.78 is 1.19. The molecule has 90 valence electrons. The molecule has 1 atom stereocenters. The van der Waals surface area contributed by atoms with E-state index in [0.717, 1.165) is 19.0 Å². The van der Waals surface area contributed by atoms with E-state index in [4.69, 9.17) is 0 Å². The second-order valence-electron chi connectivity index (χ2n) is 4.27. The third-order valence-corrected chi connectivity index (χ3v) is 4.29. The summed E-state index contributed by atoms with van der Waals surface area (Å²) in [7, 11) is 0. The maximum Gasteiger partial charge on any atom is 0.0205 e. The van der Waals surface area contributed by atoms with Crippen molar-refractivity contribution >= 4 is 27.7 Å². The molecule has 1 unspecified atom stereocenters. The normalized spacial score (nSPS) is 12.8. The maximum atomic E-state index is 3.52. The second kappa shape index (κ2) is 7.36. The van der Waals surface area contributed by atoms with Gasteiger partial charge in [0.25, 0.3) is 0 Å². The molecule has 0 aromatic heterocycles. The lowest BCUT2D eigenvalue weighted by atomic mass is 10.1. The van der Waals surface area contributed by atoms with E-state index in [1.807, 2.05) is 11.8 Å². The van der Waals surface area contributed by atoms with E-state index in [0.29, 0.717) is 0 Å². The molecule has 1 nitrogen and oxygen atoms in total. The van der Waals surface area contributed by atoms with Crippen LogP contribution in [0.25, 0.3) is 0 Å². The number of rotatable bonds is 6. The quantitative estimate of drug-likeness (QED) is 0.856. The van der Waals surface area contributed by atoms with Crippen LogP contribution in [0.1, 0.15) is 18.1 Å². The Bertz CT molecular complexity index is 328. The molecular weight excluding hydrogens is 282 g/mol. The Morgan fingerprint density at radius 2 is 2.19 bits per heavy atom. The number of halogens is 1. The first-order chi connectivity index (χ1) is 7.63. The SMILES string of the molecule is CSCC(C)CNCc1ccc(Br)c(C)c1. The maximum absolute atomic E-state index is 3.52. The van der Waals surface area contributed by atoms with Gasteiger partial charge in [0.1, 0.15) is 0 Å². The van der Waals surface area contributed by atoms with Gasteiger partial charge in [-0.1, -0.05) is 35.0 Å². The number of hydrogen-bond acceptors (Lipinski definition) is 2. The molecule has 0 saturated heterocycles. The van der Waals surface area contributed by atoms with Crippen LogP contribution < -0.4 is 5.32 Å². The van der Waals surface area contributed by atoms with Crippen LogP contribution in [-0.2, 0) is 6.54 Å². The summed E-state index contributed by atoms with van der Waals surface area (Å²) in [6.45, 7) is 6.48. The average molecular weight is 302 g/mol. The highest BCUT2D eigenvalue weighted by molar-refractivity contribution is 9.10. The molecule has 0 aliphatic carbocycles. The molecular formula is C13H20BrNS. The topological polar surface area (TPSA) is 12.0 Å². The van der Waals surface area contributed by atoms with Gasteiger partial charge < -0.3 is 5.32 Å². The summed E-state index contributed by atoms with van der Waals surface area (Å²) in [6, 6.07) is 6.53. The van der Waals surface area contributed by atoms with Gasteiger partial charge >= 0.3 is 0 Å². The molecule has 0 aliphatic heterocycles. The van der Waals surface area contributed by atoms with Crippen molar-refractivity contribution in [2.24, 2.45) is 5.92 Å². The van der Waals surface area contributed by atoms with Crippen LogP contribution >= 0.6 is 27.7 Å². The lowest BCUT2D eigenvalue weighted by Crippen LogP contribution is -2.22. The van der Waals surface area contributed by atoms with E-state index in [1.54, 1.807) is 0 Å². The van der Waals surface area contributed by atoms with Crippen LogP contribution in [0, 0.1) is 12.8 Å². The summed E-state index contributed by atoms with van der Waals surface area (Å²) in [5.74, 6) is 1.97. The van der Waals surface area contributed by atoms with E-state index < -0.39 is 0 Å². The lowest BCUT2D eigenvalue weighted by Gasteiger charge is -2.11. The zero-order valence-corrected chi connectivity index (χ0v) is 12.6. The number of thioether (sulfide) groups is 1. The first-order valence-electron chi connectivity index (χ1n) is 5.58. The van der Waals surface area contributed by atoms with Crippen molar-refractivity contribution in [3.05, 3.63) is 33.8 Å². The van der Waals surface area contributed by atoms with Crippen molar-refractivity contribution in [2.75, 3.05) is 18.6 Å². The molecule has 0 fully saturated rings. The standard InChI is InChI=1S/C13H20BrNS/c1-10(9-16-3)7-15-8-12-4-5-13(14)11(2)6-12/h4-6,10,15H,7-9H2,1-3H3. The summed E-state index contributed by atoms with van der Waals surface area (Å²) in [5, 5.41) is 3.50. The van der Waals surface area contributed by atoms with Crippen LogP contribution in [0.2, 0.25) is 0 Å². The average Bonchev–Trinajstić information content (AvgIpc) is 2.24. The Morgan fingerprint density at radius 3 is 2.81 bits per heavy atom. The Kier molecular flexibility index (Phi) is 6.47. The predicted molar refractivity (Wildman–Crippen MR) is 78.1 cm³/mol. The largest absolute Gasteiger partial charge is 0.312 e.